The predicted molar refractivity (Wildman–Crippen MR) is 68.0 cm³/mol. The minimum atomic E-state index is -0.994. The van der Waals surface area contributed by atoms with Crippen LogP contribution in [0.25, 0.3) is 0 Å². The van der Waals surface area contributed by atoms with Crippen molar-refractivity contribution >= 4 is 17.3 Å². The maximum atomic E-state index is 10.2. The lowest BCUT2D eigenvalue weighted by molar-refractivity contribution is -0.139. The Morgan fingerprint density at radius 3 is 2.12 bits per heavy atom. The summed E-state index contributed by atoms with van der Waals surface area (Å²) < 4.78 is 0. The lowest BCUT2D eigenvalue weighted by Gasteiger charge is -2.06. The van der Waals surface area contributed by atoms with E-state index in [2.05, 4.69) is 0 Å². The van der Waals surface area contributed by atoms with Gasteiger partial charge in [-0.3, -0.25) is 4.79 Å². The number of rotatable bonds is 3. The summed E-state index contributed by atoms with van der Waals surface area (Å²) in [6.07, 6.45) is -1.15. The summed E-state index contributed by atoms with van der Waals surface area (Å²) in [4.78, 5) is 10.2. The first-order valence-corrected chi connectivity index (χ1v) is 6.06. The molecule has 1 heterocycles. The number of hydrogen-bond acceptors (Lipinski definition) is 3. The van der Waals surface area contributed by atoms with Gasteiger partial charge >= 0.3 is 5.97 Å². The number of hydrogen-bond donors (Lipinski definition) is 2. The van der Waals surface area contributed by atoms with E-state index in [9.17, 15) is 9.90 Å². The Hall–Kier alpha value is -1.65. The van der Waals surface area contributed by atoms with E-state index >= 15 is 0 Å². The van der Waals surface area contributed by atoms with Crippen LogP contribution in [0.5, 0.6) is 0 Å². The van der Waals surface area contributed by atoms with Gasteiger partial charge in [0, 0.05) is 0 Å². The second-order valence-electron chi connectivity index (χ2n) is 3.32. The van der Waals surface area contributed by atoms with Crippen LogP contribution in [0, 0.1) is 0 Å². The summed E-state index contributed by atoms with van der Waals surface area (Å²) in [5.74, 6) is -0.994. The van der Waals surface area contributed by atoms with E-state index in [4.69, 9.17) is 5.11 Å². The van der Waals surface area contributed by atoms with Crippen LogP contribution in [-0.4, -0.2) is 16.2 Å². The summed E-state index contributed by atoms with van der Waals surface area (Å²) in [7, 11) is 0. The van der Waals surface area contributed by atoms with Crippen molar-refractivity contribution in [1.82, 2.24) is 0 Å². The molecule has 0 spiro atoms. The molecule has 17 heavy (non-hydrogen) atoms. The zero-order valence-corrected chi connectivity index (χ0v) is 10.0. The normalized spacial score (nSPS) is 11.1. The largest absolute Gasteiger partial charge is 0.481 e. The predicted octanol–water partition coefficient (Wildman–Crippen LogP) is 2.94. The maximum absolute atomic E-state index is 10.2. The molecule has 0 aliphatic carbocycles. The number of carbonyl (C=O) groups is 1. The molecule has 0 aliphatic rings. The van der Waals surface area contributed by atoms with Crippen molar-refractivity contribution in [2.24, 2.45) is 0 Å². The SMILES string of the molecule is O=C(O)CC(O)c1ccccc1.c1ccsc1. The highest BCUT2D eigenvalue weighted by molar-refractivity contribution is 7.07. The zero-order chi connectivity index (χ0) is 12.5. The van der Waals surface area contributed by atoms with Crippen LogP contribution in [-0.2, 0) is 4.79 Å². The van der Waals surface area contributed by atoms with Gasteiger partial charge in [0.05, 0.1) is 12.5 Å². The Labute approximate surface area is 104 Å². The molecule has 2 aromatic rings. The van der Waals surface area contributed by atoms with Gasteiger partial charge in [-0.1, -0.05) is 42.5 Å². The summed E-state index contributed by atoms with van der Waals surface area (Å²) in [6, 6.07) is 12.8. The number of thiophene rings is 1. The van der Waals surface area contributed by atoms with Gasteiger partial charge in [0.1, 0.15) is 0 Å². The van der Waals surface area contributed by atoms with Crippen LogP contribution in [0.3, 0.4) is 0 Å². The summed E-state index contributed by atoms with van der Waals surface area (Å²) in [6.45, 7) is 0. The summed E-state index contributed by atoms with van der Waals surface area (Å²) in [5.41, 5.74) is 0.639. The zero-order valence-electron chi connectivity index (χ0n) is 9.19. The van der Waals surface area contributed by atoms with E-state index in [1.54, 1.807) is 35.6 Å². The Morgan fingerprint density at radius 2 is 1.71 bits per heavy atom. The number of aliphatic hydroxyl groups is 1. The van der Waals surface area contributed by atoms with Crippen LogP contribution in [0.1, 0.15) is 18.1 Å². The summed E-state index contributed by atoms with van der Waals surface area (Å²) >= 11 is 1.71. The molecule has 1 aromatic heterocycles. The van der Waals surface area contributed by atoms with E-state index in [0.717, 1.165) is 0 Å². The highest BCUT2D eigenvalue weighted by Crippen LogP contribution is 2.15. The maximum Gasteiger partial charge on any atom is 0.306 e. The third-order valence-corrected chi connectivity index (χ3v) is 2.61. The molecule has 1 atom stereocenters. The van der Waals surface area contributed by atoms with Gasteiger partial charge in [-0.05, 0) is 16.3 Å². The van der Waals surface area contributed by atoms with Gasteiger partial charge < -0.3 is 10.2 Å². The molecular formula is C13H14O3S. The molecule has 4 heteroatoms. The molecule has 90 valence electrons. The number of aliphatic carboxylic acids is 1. The van der Waals surface area contributed by atoms with Crippen LogP contribution in [0.15, 0.2) is 53.2 Å². The van der Waals surface area contributed by atoms with E-state index in [1.807, 2.05) is 29.0 Å². The van der Waals surface area contributed by atoms with Crippen molar-refractivity contribution in [2.45, 2.75) is 12.5 Å². The Kier molecular flexibility index (Phi) is 5.99. The van der Waals surface area contributed by atoms with E-state index < -0.39 is 12.1 Å². The topological polar surface area (TPSA) is 57.5 Å². The van der Waals surface area contributed by atoms with Crippen molar-refractivity contribution in [3.8, 4) is 0 Å². The molecule has 0 radical (unpaired) electrons. The highest BCUT2D eigenvalue weighted by Gasteiger charge is 2.10. The van der Waals surface area contributed by atoms with Gasteiger partial charge in [0.2, 0.25) is 0 Å². The van der Waals surface area contributed by atoms with Crippen molar-refractivity contribution in [2.75, 3.05) is 0 Å². The van der Waals surface area contributed by atoms with Crippen molar-refractivity contribution < 1.29 is 15.0 Å². The fourth-order valence-corrected chi connectivity index (χ4v) is 1.64. The van der Waals surface area contributed by atoms with Gasteiger partial charge in [0.15, 0.2) is 0 Å². The lowest BCUT2D eigenvalue weighted by atomic mass is 10.1. The highest BCUT2D eigenvalue weighted by atomic mass is 32.1. The average Bonchev–Trinajstić information content (AvgIpc) is 2.88. The van der Waals surface area contributed by atoms with E-state index in [0.29, 0.717) is 5.56 Å². The van der Waals surface area contributed by atoms with Gasteiger partial charge in [-0.25, -0.2) is 0 Å². The van der Waals surface area contributed by atoms with Crippen LogP contribution in [0.4, 0.5) is 0 Å². The van der Waals surface area contributed by atoms with Crippen LogP contribution >= 0.6 is 11.3 Å². The molecule has 0 aliphatic heterocycles. The van der Waals surface area contributed by atoms with Crippen LogP contribution in [0.2, 0.25) is 0 Å². The second-order valence-corrected chi connectivity index (χ2v) is 4.13. The third-order valence-electron chi connectivity index (χ3n) is 1.98. The van der Waals surface area contributed by atoms with E-state index in [-0.39, 0.29) is 6.42 Å². The standard InChI is InChI=1S/C9H10O3.C4H4S/c10-8(6-9(11)12)7-4-2-1-3-5-7;1-2-4-5-3-1/h1-5,8,10H,6H2,(H,11,12);1-4H. The molecule has 0 saturated heterocycles. The minimum Gasteiger partial charge on any atom is -0.481 e. The monoisotopic (exact) mass is 250 g/mol. The average molecular weight is 250 g/mol. The molecule has 1 aromatic carbocycles. The number of benzene rings is 1. The molecule has 0 amide bonds. The van der Waals surface area contributed by atoms with Crippen molar-refractivity contribution in [3.05, 3.63) is 58.8 Å². The molecule has 2 N–H and O–H groups in total. The Balaban J connectivity index is 0.000000239. The second kappa shape index (κ2) is 7.60. The third kappa shape index (κ3) is 5.85. The first-order valence-electron chi connectivity index (χ1n) is 5.12. The fraction of sp³-hybridized carbons (Fsp3) is 0.154. The Morgan fingerprint density at radius 1 is 1.12 bits per heavy atom. The molecule has 0 fully saturated rings. The number of aliphatic hydroxyl groups excluding tert-OH is 1. The van der Waals surface area contributed by atoms with E-state index in [1.165, 1.54) is 0 Å². The molecule has 3 nitrogen and oxygen atoms in total. The Bertz CT molecular complexity index is 394. The van der Waals surface area contributed by atoms with Gasteiger partial charge in [-0.2, -0.15) is 11.3 Å². The van der Waals surface area contributed by atoms with Crippen molar-refractivity contribution in [1.29, 1.82) is 0 Å². The summed E-state index contributed by atoms with van der Waals surface area (Å²) in [5, 5.41) is 21.8. The van der Waals surface area contributed by atoms with Gasteiger partial charge in [0.25, 0.3) is 0 Å². The molecule has 0 bridgehead atoms. The molecule has 1 unspecified atom stereocenters. The molecular weight excluding hydrogens is 236 g/mol. The molecule has 2 rings (SSSR count). The number of carboxylic acid groups (broad SMARTS) is 1. The minimum absolute atomic E-state index is 0.246. The molecule has 0 saturated carbocycles. The quantitative estimate of drug-likeness (QED) is 0.880. The van der Waals surface area contributed by atoms with Crippen LogP contribution < -0.4 is 0 Å². The first-order chi connectivity index (χ1) is 8.20. The van der Waals surface area contributed by atoms with Gasteiger partial charge in [-0.15, -0.1) is 0 Å². The fourth-order valence-electron chi connectivity index (χ4n) is 1.19. The first kappa shape index (κ1) is 13.4. The lowest BCUT2D eigenvalue weighted by Crippen LogP contribution is -2.04. The smallest absolute Gasteiger partial charge is 0.306 e. The van der Waals surface area contributed by atoms with Crippen molar-refractivity contribution in [3.63, 3.8) is 0 Å². The number of carboxylic acids is 1.